The fourth-order valence-electron chi connectivity index (χ4n) is 3.54. The van der Waals surface area contributed by atoms with Crippen LogP contribution in [0.4, 0.5) is 0 Å². The summed E-state index contributed by atoms with van der Waals surface area (Å²) in [5, 5.41) is -2.77. The second kappa shape index (κ2) is 4.37. The Morgan fingerprint density at radius 2 is 0.769 bits per heavy atom. The van der Waals surface area contributed by atoms with Gasteiger partial charge in [0.05, 0.1) is 32.3 Å². The van der Waals surface area contributed by atoms with Crippen LogP contribution in [0.1, 0.15) is 0 Å². The van der Waals surface area contributed by atoms with Crippen molar-refractivity contribution >= 4 is 43.1 Å². The van der Waals surface area contributed by atoms with Crippen LogP contribution >= 0.6 is 0 Å². The van der Waals surface area contributed by atoms with Gasteiger partial charge in [-0.2, -0.15) is 0 Å². The fourth-order valence-corrected chi connectivity index (χ4v) is 3.54. The normalized spacial score (nSPS) is 12.0. The highest BCUT2D eigenvalue weighted by atomic mass is 16.4. The van der Waals surface area contributed by atoms with E-state index in [-0.39, 0.29) is 10.8 Å². The first kappa shape index (κ1) is 14.4. The first-order valence-electron chi connectivity index (χ1n) is 7.37. The number of hydrogen-bond donors (Lipinski definition) is 0. The minimum absolute atomic E-state index is 0.0250. The third-order valence-electron chi connectivity index (χ3n) is 4.56. The Hall–Kier alpha value is -3.94. The lowest BCUT2D eigenvalue weighted by atomic mass is 9.95. The molecule has 0 saturated heterocycles. The average molecular weight is 348 g/mol. The zero-order valence-corrected chi connectivity index (χ0v) is 12.6. The van der Waals surface area contributed by atoms with E-state index < -0.39 is 65.7 Å². The molecular formula is C18H4O8. The lowest BCUT2D eigenvalue weighted by Gasteiger charge is -2.02. The van der Waals surface area contributed by atoms with Crippen molar-refractivity contribution in [3.8, 4) is 0 Å². The number of furan rings is 2. The summed E-state index contributed by atoms with van der Waals surface area (Å²) in [6, 6.07) is 5.85. The monoisotopic (exact) mass is 348 g/mol. The van der Waals surface area contributed by atoms with Gasteiger partial charge in [-0.25, -0.2) is 19.2 Å². The first-order valence-corrected chi connectivity index (χ1v) is 7.37. The van der Waals surface area contributed by atoms with Crippen molar-refractivity contribution in [2.24, 2.45) is 0 Å². The first-order chi connectivity index (χ1) is 12.4. The van der Waals surface area contributed by atoms with E-state index in [1.807, 2.05) is 0 Å². The van der Waals surface area contributed by atoms with E-state index in [0.29, 0.717) is 0 Å². The molecule has 3 aromatic carbocycles. The van der Waals surface area contributed by atoms with E-state index in [0.717, 1.165) is 0 Å². The standard InChI is InChI=1S/C18H4O8/c19-13-5-3-1-2-4-6(5)14(20)8-7(13)9-11(17(23)25-15(9)21)12-10(8)16(22)26-18(12)24/h1-4H. The van der Waals surface area contributed by atoms with Gasteiger partial charge in [-0.3, -0.25) is 9.59 Å². The van der Waals surface area contributed by atoms with E-state index in [2.05, 4.69) is 8.83 Å². The molecular weight excluding hydrogens is 344 g/mol. The zero-order valence-electron chi connectivity index (χ0n) is 12.6. The molecule has 5 aromatic rings. The van der Waals surface area contributed by atoms with Crippen LogP contribution in [0.25, 0.3) is 43.1 Å². The Bertz CT molecular complexity index is 1610. The summed E-state index contributed by atoms with van der Waals surface area (Å²) in [5.74, 6) is 0. The molecule has 0 aliphatic heterocycles. The van der Waals surface area contributed by atoms with Gasteiger partial charge in [0.25, 0.3) is 0 Å². The Morgan fingerprint density at radius 3 is 1.12 bits per heavy atom. The topological polar surface area (TPSA) is 129 Å². The predicted octanol–water partition coefficient (Wildman–Crippen LogP) is -0.0400. The van der Waals surface area contributed by atoms with Gasteiger partial charge in [-0.1, -0.05) is 24.3 Å². The molecule has 0 aliphatic carbocycles. The summed E-state index contributed by atoms with van der Waals surface area (Å²) < 4.78 is 9.04. The Labute approximate surface area is 139 Å². The van der Waals surface area contributed by atoms with Crippen molar-refractivity contribution in [3.63, 3.8) is 0 Å². The summed E-state index contributed by atoms with van der Waals surface area (Å²) in [4.78, 5) is 74.3. The highest BCUT2D eigenvalue weighted by Gasteiger charge is 2.27. The molecule has 0 spiro atoms. The maximum atomic E-state index is 12.9. The maximum Gasteiger partial charge on any atom is 0.347 e. The van der Waals surface area contributed by atoms with Gasteiger partial charge in [0.1, 0.15) is 0 Å². The zero-order chi connectivity index (χ0) is 18.3. The van der Waals surface area contributed by atoms with Crippen LogP contribution in [0.2, 0.25) is 0 Å². The van der Waals surface area contributed by atoms with E-state index in [4.69, 9.17) is 0 Å². The van der Waals surface area contributed by atoms with Crippen LogP contribution in [0, 0.1) is 0 Å². The second-order valence-electron chi connectivity index (χ2n) is 5.81. The highest BCUT2D eigenvalue weighted by molar-refractivity contribution is 6.26. The second-order valence-corrected chi connectivity index (χ2v) is 5.81. The number of fused-ring (bicyclic) bond motifs is 7. The van der Waals surface area contributed by atoms with Crippen molar-refractivity contribution < 1.29 is 8.83 Å². The highest BCUT2D eigenvalue weighted by Crippen LogP contribution is 2.26. The molecule has 124 valence electrons. The lowest BCUT2D eigenvalue weighted by Crippen LogP contribution is -2.16. The van der Waals surface area contributed by atoms with E-state index in [1.165, 1.54) is 24.3 Å². The molecule has 0 N–H and O–H groups in total. The molecule has 5 rings (SSSR count). The van der Waals surface area contributed by atoms with Crippen LogP contribution in [0.15, 0.2) is 61.9 Å². The van der Waals surface area contributed by atoms with E-state index in [9.17, 15) is 28.8 Å². The third-order valence-corrected chi connectivity index (χ3v) is 4.56. The summed E-state index contributed by atoms with van der Waals surface area (Å²) in [6.45, 7) is 0. The third kappa shape index (κ3) is 1.44. The van der Waals surface area contributed by atoms with Gasteiger partial charge in [0.15, 0.2) is 10.9 Å². The van der Waals surface area contributed by atoms with Crippen molar-refractivity contribution in [2.45, 2.75) is 0 Å². The van der Waals surface area contributed by atoms with Crippen LogP contribution in [-0.2, 0) is 0 Å². The van der Waals surface area contributed by atoms with Gasteiger partial charge in [-0.15, -0.1) is 0 Å². The van der Waals surface area contributed by atoms with Gasteiger partial charge in [0.2, 0.25) is 0 Å². The summed E-state index contributed by atoms with van der Waals surface area (Å²) >= 11 is 0. The minimum Gasteiger partial charge on any atom is -0.386 e. The number of benzene rings is 3. The Morgan fingerprint density at radius 1 is 0.462 bits per heavy atom. The Kier molecular flexibility index (Phi) is 2.42. The quantitative estimate of drug-likeness (QED) is 0.357. The Balaban J connectivity index is 2.46. The van der Waals surface area contributed by atoms with Crippen molar-refractivity contribution in [1.82, 2.24) is 0 Å². The minimum atomic E-state index is -1.17. The molecule has 8 nitrogen and oxygen atoms in total. The summed E-state index contributed by atoms with van der Waals surface area (Å²) in [7, 11) is 0. The smallest absolute Gasteiger partial charge is 0.347 e. The molecule has 0 saturated carbocycles. The molecule has 0 fully saturated rings. The van der Waals surface area contributed by atoms with Gasteiger partial charge in [-0.05, 0) is 0 Å². The van der Waals surface area contributed by atoms with E-state index in [1.54, 1.807) is 0 Å². The molecule has 0 atom stereocenters. The summed E-state index contributed by atoms with van der Waals surface area (Å²) in [6.07, 6.45) is 0. The van der Waals surface area contributed by atoms with Crippen LogP contribution < -0.4 is 33.4 Å². The largest absolute Gasteiger partial charge is 0.386 e. The van der Waals surface area contributed by atoms with Gasteiger partial charge >= 0.3 is 22.5 Å². The SMILES string of the molecule is O=c1oc(=O)c2c1c1c(=O)oc(=O)c1c1c(=O)c3ccccc3c(=O)c21. The predicted molar refractivity (Wildman–Crippen MR) is 92.2 cm³/mol. The maximum absolute atomic E-state index is 12.9. The molecule has 26 heavy (non-hydrogen) atoms. The van der Waals surface area contributed by atoms with Gasteiger partial charge < -0.3 is 8.83 Å². The molecule has 2 heterocycles. The van der Waals surface area contributed by atoms with Crippen molar-refractivity contribution in [2.75, 3.05) is 0 Å². The molecule has 8 heteroatoms. The fraction of sp³-hybridized carbons (Fsp3) is 0. The van der Waals surface area contributed by atoms with Crippen LogP contribution in [0.5, 0.6) is 0 Å². The molecule has 2 aromatic heterocycles. The number of hydrogen-bond acceptors (Lipinski definition) is 8. The summed E-state index contributed by atoms with van der Waals surface area (Å²) in [5.41, 5.74) is -6.08. The van der Waals surface area contributed by atoms with Crippen molar-refractivity contribution in [1.29, 1.82) is 0 Å². The van der Waals surface area contributed by atoms with Crippen LogP contribution in [0.3, 0.4) is 0 Å². The van der Waals surface area contributed by atoms with Crippen LogP contribution in [-0.4, -0.2) is 0 Å². The van der Waals surface area contributed by atoms with E-state index >= 15 is 0 Å². The van der Waals surface area contributed by atoms with Crippen molar-refractivity contribution in [3.05, 3.63) is 86.4 Å². The molecule has 0 amide bonds. The molecule has 0 radical (unpaired) electrons. The molecule has 0 aliphatic rings. The average Bonchev–Trinajstić information content (AvgIpc) is 3.08. The lowest BCUT2D eigenvalue weighted by molar-refractivity contribution is 0.497. The molecule has 0 bridgehead atoms. The number of rotatable bonds is 0. The molecule has 0 unspecified atom stereocenters. The van der Waals surface area contributed by atoms with Gasteiger partial charge in [0, 0.05) is 10.8 Å².